The van der Waals surface area contributed by atoms with Crippen LogP contribution in [0, 0.1) is 0 Å². The zero-order valence-electron chi connectivity index (χ0n) is 9.53. The molecule has 0 bridgehead atoms. The number of rotatable bonds is 4. The Balaban J connectivity index is 1.93. The molecular formula is C15H15NO. The molecule has 2 aromatic rings. The Labute approximate surface area is 101 Å². The maximum absolute atomic E-state index is 9.78. The zero-order valence-corrected chi connectivity index (χ0v) is 9.53. The van der Waals surface area contributed by atoms with E-state index in [4.69, 9.17) is 0 Å². The lowest BCUT2D eigenvalue weighted by Crippen LogP contribution is -2.17. The van der Waals surface area contributed by atoms with Crippen molar-refractivity contribution in [2.75, 3.05) is 11.6 Å². The molecule has 0 saturated heterocycles. The molecule has 0 spiro atoms. The first-order valence-electron chi connectivity index (χ1n) is 5.59. The summed E-state index contributed by atoms with van der Waals surface area (Å²) in [6, 6.07) is 19.5. The van der Waals surface area contributed by atoms with Crippen LogP contribution in [0.2, 0.25) is 0 Å². The number of hydrogen-bond donors (Lipinski definition) is 1. The molecule has 2 nitrogen and oxygen atoms in total. The van der Waals surface area contributed by atoms with Crippen LogP contribution >= 0.6 is 0 Å². The SMILES string of the molecule is ON(C/C=C/c1ccccc1)c1ccccc1. The van der Waals surface area contributed by atoms with Gasteiger partial charge < -0.3 is 0 Å². The third-order valence-electron chi connectivity index (χ3n) is 2.44. The Morgan fingerprint density at radius 3 is 2.12 bits per heavy atom. The fourth-order valence-corrected chi connectivity index (χ4v) is 1.56. The van der Waals surface area contributed by atoms with Crippen LogP contribution in [0.3, 0.4) is 0 Å². The zero-order chi connectivity index (χ0) is 11.9. The quantitative estimate of drug-likeness (QED) is 0.804. The van der Waals surface area contributed by atoms with Gasteiger partial charge in [-0.2, -0.15) is 0 Å². The number of nitrogens with zero attached hydrogens (tertiary/aromatic N) is 1. The third kappa shape index (κ3) is 3.47. The Kier molecular flexibility index (Phi) is 3.95. The number of benzene rings is 2. The molecule has 0 radical (unpaired) electrons. The van der Waals surface area contributed by atoms with E-state index in [1.54, 1.807) is 0 Å². The Bertz CT molecular complexity index is 465. The van der Waals surface area contributed by atoms with E-state index in [0.717, 1.165) is 11.3 Å². The largest absolute Gasteiger partial charge is 0.288 e. The highest BCUT2D eigenvalue weighted by atomic mass is 16.5. The van der Waals surface area contributed by atoms with Gasteiger partial charge in [-0.25, -0.2) is 0 Å². The van der Waals surface area contributed by atoms with Gasteiger partial charge in [0.2, 0.25) is 0 Å². The van der Waals surface area contributed by atoms with Gasteiger partial charge in [0.15, 0.2) is 0 Å². The normalized spacial score (nSPS) is 10.6. The van der Waals surface area contributed by atoms with E-state index < -0.39 is 0 Å². The summed E-state index contributed by atoms with van der Waals surface area (Å²) < 4.78 is 0. The number of anilines is 1. The van der Waals surface area contributed by atoms with Gasteiger partial charge in [0.1, 0.15) is 0 Å². The van der Waals surface area contributed by atoms with Crippen LogP contribution in [0.5, 0.6) is 0 Å². The van der Waals surface area contributed by atoms with Crippen molar-refractivity contribution in [3.63, 3.8) is 0 Å². The van der Waals surface area contributed by atoms with Gasteiger partial charge in [-0.1, -0.05) is 60.7 Å². The monoisotopic (exact) mass is 225 g/mol. The van der Waals surface area contributed by atoms with Crippen molar-refractivity contribution in [2.45, 2.75) is 0 Å². The summed E-state index contributed by atoms with van der Waals surface area (Å²) in [6.45, 7) is 0.471. The maximum Gasteiger partial charge on any atom is 0.0637 e. The predicted molar refractivity (Wildman–Crippen MR) is 71.1 cm³/mol. The second-order valence-electron chi connectivity index (χ2n) is 3.73. The fraction of sp³-hybridized carbons (Fsp3) is 0.0667. The average Bonchev–Trinajstić information content (AvgIpc) is 2.41. The van der Waals surface area contributed by atoms with Gasteiger partial charge in [0, 0.05) is 0 Å². The lowest BCUT2D eigenvalue weighted by Gasteiger charge is -2.14. The molecule has 0 aliphatic rings. The molecule has 0 aliphatic heterocycles. The van der Waals surface area contributed by atoms with E-state index >= 15 is 0 Å². The average molecular weight is 225 g/mol. The lowest BCUT2D eigenvalue weighted by molar-refractivity contribution is 0.266. The van der Waals surface area contributed by atoms with E-state index in [1.807, 2.05) is 72.8 Å². The Hall–Kier alpha value is -2.06. The molecule has 2 rings (SSSR count). The van der Waals surface area contributed by atoms with Crippen molar-refractivity contribution in [1.29, 1.82) is 0 Å². The highest BCUT2D eigenvalue weighted by Crippen LogP contribution is 2.10. The van der Waals surface area contributed by atoms with Crippen molar-refractivity contribution >= 4 is 11.8 Å². The molecule has 2 heteroatoms. The van der Waals surface area contributed by atoms with Crippen molar-refractivity contribution in [3.05, 3.63) is 72.3 Å². The molecule has 0 aromatic heterocycles. The first-order chi connectivity index (χ1) is 8.36. The van der Waals surface area contributed by atoms with Gasteiger partial charge in [0.05, 0.1) is 12.2 Å². The van der Waals surface area contributed by atoms with Crippen LogP contribution in [0.1, 0.15) is 5.56 Å². The minimum Gasteiger partial charge on any atom is -0.288 e. The molecule has 0 saturated carbocycles. The van der Waals surface area contributed by atoms with Crippen molar-refractivity contribution in [2.24, 2.45) is 0 Å². The second kappa shape index (κ2) is 5.87. The van der Waals surface area contributed by atoms with Gasteiger partial charge >= 0.3 is 0 Å². The molecule has 86 valence electrons. The van der Waals surface area contributed by atoms with Gasteiger partial charge in [-0.3, -0.25) is 10.3 Å². The van der Waals surface area contributed by atoms with Crippen LogP contribution in [0.4, 0.5) is 5.69 Å². The fourth-order valence-electron chi connectivity index (χ4n) is 1.56. The van der Waals surface area contributed by atoms with Gasteiger partial charge in [-0.15, -0.1) is 0 Å². The number of hydroxylamine groups is 1. The molecular weight excluding hydrogens is 210 g/mol. The number of para-hydroxylation sites is 1. The van der Waals surface area contributed by atoms with Crippen LogP contribution in [0.15, 0.2) is 66.7 Å². The van der Waals surface area contributed by atoms with Crippen molar-refractivity contribution in [3.8, 4) is 0 Å². The Morgan fingerprint density at radius 2 is 1.47 bits per heavy atom. The number of hydrogen-bond acceptors (Lipinski definition) is 2. The van der Waals surface area contributed by atoms with Gasteiger partial charge in [0.25, 0.3) is 0 Å². The minimum atomic E-state index is 0.471. The standard InChI is InChI=1S/C15H15NO/c17-16(15-11-5-2-6-12-15)13-7-10-14-8-3-1-4-9-14/h1-12,17H,13H2/b10-7+. The second-order valence-corrected chi connectivity index (χ2v) is 3.73. The highest BCUT2D eigenvalue weighted by molar-refractivity contribution is 5.50. The molecule has 2 aromatic carbocycles. The molecule has 0 heterocycles. The smallest absolute Gasteiger partial charge is 0.0637 e. The van der Waals surface area contributed by atoms with E-state index in [2.05, 4.69) is 0 Å². The summed E-state index contributed by atoms with van der Waals surface area (Å²) in [5.41, 5.74) is 1.93. The van der Waals surface area contributed by atoms with Crippen molar-refractivity contribution in [1.82, 2.24) is 0 Å². The molecule has 0 amide bonds. The molecule has 0 aliphatic carbocycles. The third-order valence-corrected chi connectivity index (χ3v) is 2.44. The summed E-state index contributed by atoms with van der Waals surface area (Å²) in [5, 5.41) is 11.0. The molecule has 1 N–H and O–H groups in total. The summed E-state index contributed by atoms with van der Waals surface area (Å²) in [5.74, 6) is 0. The first-order valence-corrected chi connectivity index (χ1v) is 5.59. The predicted octanol–water partition coefficient (Wildman–Crippen LogP) is 3.60. The molecule has 0 unspecified atom stereocenters. The lowest BCUT2D eigenvalue weighted by atomic mass is 10.2. The van der Waals surface area contributed by atoms with Crippen LogP contribution in [-0.4, -0.2) is 11.8 Å². The van der Waals surface area contributed by atoms with Gasteiger partial charge in [-0.05, 0) is 17.7 Å². The van der Waals surface area contributed by atoms with Crippen LogP contribution in [-0.2, 0) is 0 Å². The van der Waals surface area contributed by atoms with E-state index in [-0.39, 0.29) is 0 Å². The topological polar surface area (TPSA) is 23.5 Å². The molecule has 17 heavy (non-hydrogen) atoms. The molecule has 0 fully saturated rings. The van der Waals surface area contributed by atoms with Crippen LogP contribution in [0.25, 0.3) is 6.08 Å². The van der Waals surface area contributed by atoms with E-state index in [0.29, 0.717) is 6.54 Å². The van der Waals surface area contributed by atoms with E-state index in [9.17, 15) is 5.21 Å². The summed E-state index contributed by atoms with van der Waals surface area (Å²) >= 11 is 0. The van der Waals surface area contributed by atoms with E-state index in [1.165, 1.54) is 5.06 Å². The van der Waals surface area contributed by atoms with Crippen molar-refractivity contribution < 1.29 is 5.21 Å². The summed E-state index contributed by atoms with van der Waals surface area (Å²) in [7, 11) is 0. The summed E-state index contributed by atoms with van der Waals surface area (Å²) in [4.78, 5) is 0. The first kappa shape index (κ1) is 11.4. The van der Waals surface area contributed by atoms with Crippen LogP contribution < -0.4 is 5.06 Å². The summed E-state index contributed by atoms with van der Waals surface area (Å²) in [6.07, 6.45) is 3.93. The minimum absolute atomic E-state index is 0.471. The Morgan fingerprint density at radius 1 is 0.882 bits per heavy atom. The maximum atomic E-state index is 9.78. The molecule has 0 atom stereocenters. The highest BCUT2D eigenvalue weighted by Gasteiger charge is 1.97.